The lowest BCUT2D eigenvalue weighted by molar-refractivity contribution is 0.0525. The summed E-state index contributed by atoms with van der Waals surface area (Å²) in [5, 5.41) is 12.8. The second kappa shape index (κ2) is 3.91. The Kier molecular flexibility index (Phi) is 2.54. The minimum atomic E-state index is -0.190. The molecular weight excluding hydrogens is 204 g/mol. The molecule has 2 aliphatic heterocycles. The van der Waals surface area contributed by atoms with Gasteiger partial charge in [-0.2, -0.15) is 0 Å². The third-order valence-electron chi connectivity index (χ3n) is 4.38. The van der Waals surface area contributed by atoms with Crippen molar-refractivity contribution in [3.05, 3.63) is 0 Å². The molecule has 2 N–H and O–H groups in total. The van der Waals surface area contributed by atoms with Gasteiger partial charge < -0.3 is 15.3 Å². The minimum Gasteiger partial charge on any atom is -0.393 e. The van der Waals surface area contributed by atoms with Crippen molar-refractivity contribution in [2.24, 2.45) is 0 Å². The molecule has 3 aliphatic rings. The number of hydrogen-bond donors (Lipinski definition) is 2. The normalized spacial score (nSPS) is 38.3. The summed E-state index contributed by atoms with van der Waals surface area (Å²) in [5.41, 5.74) is 0. The smallest absolute Gasteiger partial charge is 0.318 e. The molecule has 2 amide bonds. The number of carbonyl (C=O) groups is 1. The summed E-state index contributed by atoms with van der Waals surface area (Å²) in [5.74, 6) is 0. The highest BCUT2D eigenvalue weighted by atomic mass is 16.3. The summed E-state index contributed by atoms with van der Waals surface area (Å²) in [4.78, 5) is 14.1. The van der Waals surface area contributed by atoms with E-state index in [1.54, 1.807) is 0 Å². The zero-order valence-corrected chi connectivity index (χ0v) is 9.56. The van der Waals surface area contributed by atoms with Gasteiger partial charge in [0.1, 0.15) is 0 Å². The Morgan fingerprint density at radius 1 is 1.12 bits per heavy atom. The summed E-state index contributed by atoms with van der Waals surface area (Å²) in [7, 11) is 0. The van der Waals surface area contributed by atoms with E-state index in [9.17, 15) is 9.90 Å². The molecule has 4 heteroatoms. The van der Waals surface area contributed by atoms with E-state index < -0.39 is 0 Å². The van der Waals surface area contributed by atoms with Crippen molar-refractivity contribution in [2.75, 3.05) is 0 Å². The highest BCUT2D eigenvalue weighted by Crippen LogP contribution is 2.35. The molecule has 2 atom stereocenters. The number of carbonyl (C=O) groups excluding carboxylic acids is 1. The molecule has 2 unspecified atom stereocenters. The van der Waals surface area contributed by atoms with Crippen LogP contribution < -0.4 is 5.32 Å². The van der Waals surface area contributed by atoms with Crippen LogP contribution in [0.4, 0.5) is 4.79 Å². The fourth-order valence-corrected chi connectivity index (χ4v) is 3.28. The van der Waals surface area contributed by atoms with Crippen LogP contribution in [0.15, 0.2) is 0 Å². The van der Waals surface area contributed by atoms with Gasteiger partial charge in [0, 0.05) is 18.1 Å². The molecule has 3 fully saturated rings. The number of aliphatic hydroxyl groups excluding tert-OH is 1. The van der Waals surface area contributed by atoms with Crippen LogP contribution in [0.5, 0.6) is 0 Å². The molecule has 1 aliphatic carbocycles. The number of aliphatic hydroxyl groups is 1. The Morgan fingerprint density at radius 3 is 2.25 bits per heavy atom. The van der Waals surface area contributed by atoms with Gasteiger partial charge in [0.05, 0.1) is 6.10 Å². The first-order chi connectivity index (χ1) is 7.74. The largest absolute Gasteiger partial charge is 0.393 e. The van der Waals surface area contributed by atoms with E-state index in [1.807, 2.05) is 4.90 Å². The van der Waals surface area contributed by atoms with Crippen LogP contribution in [0.2, 0.25) is 0 Å². The predicted molar refractivity (Wildman–Crippen MR) is 60.1 cm³/mol. The quantitative estimate of drug-likeness (QED) is 0.704. The summed E-state index contributed by atoms with van der Waals surface area (Å²) in [6, 6.07) is 1.10. The van der Waals surface area contributed by atoms with Crippen molar-refractivity contribution in [3.63, 3.8) is 0 Å². The Balaban J connectivity index is 1.63. The van der Waals surface area contributed by atoms with Crippen LogP contribution in [-0.2, 0) is 0 Å². The standard InChI is InChI=1S/C12H20N2O2/c15-11-6-9-4-5-10(7-11)14(9)12(16)13-8-2-1-3-8/h8-11,15H,1-7H2,(H,13,16). The van der Waals surface area contributed by atoms with Gasteiger partial charge in [-0.05, 0) is 44.9 Å². The van der Waals surface area contributed by atoms with E-state index >= 15 is 0 Å². The Bertz CT molecular complexity index is 277. The fraction of sp³-hybridized carbons (Fsp3) is 0.917. The second-order valence-electron chi connectivity index (χ2n) is 5.49. The number of hydrogen-bond acceptors (Lipinski definition) is 2. The molecule has 2 bridgehead atoms. The van der Waals surface area contributed by atoms with Gasteiger partial charge in [-0.3, -0.25) is 0 Å². The number of urea groups is 1. The molecule has 3 rings (SSSR count). The second-order valence-corrected chi connectivity index (χ2v) is 5.49. The van der Waals surface area contributed by atoms with Crippen molar-refractivity contribution >= 4 is 6.03 Å². The maximum absolute atomic E-state index is 12.1. The van der Waals surface area contributed by atoms with Crippen molar-refractivity contribution in [1.82, 2.24) is 10.2 Å². The number of fused-ring (bicyclic) bond motifs is 2. The summed E-state index contributed by atoms with van der Waals surface area (Å²) < 4.78 is 0. The maximum Gasteiger partial charge on any atom is 0.318 e. The average molecular weight is 224 g/mol. The molecule has 16 heavy (non-hydrogen) atoms. The highest BCUT2D eigenvalue weighted by molar-refractivity contribution is 5.76. The van der Waals surface area contributed by atoms with Crippen LogP contribution in [-0.4, -0.2) is 40.3 Å². The molecule has 90 valence electrons. The first-order valence-electron chi connectivity index (χ1n) is 6.51. The zero-order valence-electron chi connectivity index (χ0n) is 9.56. The first-order valence-corrected chi connectivity index (χ1v) is 6.51. The lowest BCUT2D eigenvalue weighted by Crippen LogP contribution is -2.54. The lowest BCUT2D eigenvalue weighted by atomic mass is 9.93. The maximum atomic E-state index is 12.1. The van der Waals surface area contributed by atoms with Gasteiger partial charge in [-0.25, -0.2) is 4.79 Å². The molecule has 4 nitrogen and oxygen atoms in total. The topological polar surface area (TPSA) is 52.6 Å². The van der Waals surface area contributed by atoms with Gasteiger partial charge >= 0.3 is 6.03 Å². The molecule has 1 saturated carbocycles. The minimum absolute atomic E-state index is 0.115. The Morgan fingerprint density at radius 2 is 1.75 bits per heavy atom. The van der Waals surface area contributed by atoms with Crippen molar-refractivity contribution in [1.29, 1.82) is 0 Å². The first kappa shape index (κ1) is 10.4. The molecule has 0 aromatic carbocycles. The van der Waals surface area contributed by atoms with Gasteiger partial charge in [0.2, 0.25) is 0 Å². The number of nitrogens with one attached hydrogen (secondary N) is 1. The number of amides is 2. The summed E-state index contributed by atoms with van der Waals surface area (Å²) in [6.07, 6.45) is 7.01. The van der Waals surface area contributed by atoms with Crippen LogP contribution in [0.25, 0.3) is 0 Å². The lowest BCUT2D eigenvalue weighted by Gasteiger charge is -2.39. The van der Waals surface area contributed by atoms with E-state index in [0.717, 1.165) is 38.5 Å². The van der Waals surface area contributed by atoms with Gasteiger partial charge in [0.25, 0.3) is 0 Å². The molecule has 2 saturated heterocycles. The monoisotopic (exact) mass is 224 g/mol. The highest BCUT2D eigenvalue weighted by Gasteiger charge is 2.43. The molecule has 2 heterocycles. The summed E-state index contributed by atoms with van der Waals surface area (Å²) >= 11 is 0. The predicted octanol–water partition coefficient (Wildman–Crippen LogP) is 1.24. The zero-order chi connectivity index (χ0) is 11.1. The van der Waals surface area contributed by atoms with Crippen LogP contribution in [0, 0.1) is 0 Å². The van der Waals surface area contributed by atoms with Crippen LogP contribution >= 0.6 is 0 Å². The van der Waals surface area contributed by atoms with Gasteiger partial charge in [-0.15, -0.1) is 0 Å². The third-order valence-corrected chi connectivity index (χ3v) is 4.38. The SMILES string of the molecule is O=C(NC1CCC1)N1C2CCC1CC(O)C2. The molecule has 0 spiro atoms. The van der Waals surface area contributed by atoms with Gasteiger partial charge in [-0.1, -0.05) is 0 Å². The van der Waals surface area contributed by atoms with Crippen molar-refractivity contribution in [3.8, 4) is 0 Å². The number of nitrogens with zero attached hydrogens (tertiary/aromatic N) is 1. The molecule has 0 aromatic heterocycles. The molecular formula is C12H20N2O2. The Hall–Kier alpha value is -0.770. The van der Waals surface area contributed by atoms with Crippen LogP contribution in [0.3, 0.4) is 0 Å². The van der Waals surface area contributed by atoms with E-state index in [1.165, 1.54) is 6.42 Å². The van der Waals surface area contributed by atoms with E-state index in [4.69, 9.17) is 0 Å². The fourth-order valence-electron chi connectivity index (χ4n) is 3.28. The average Bonchev–Trinajstić information content (AvgIpc) is 2.45. The Labute approximate surface area is 96.0 Å². The third kappa shape index (κ3) is 1.69. The van der Waals surface area contributed by atoms with E-state index in [2.05, 4.69) is 5.32 Å². The summed E-state index contributed by atoms with van der Waals surface area (Å²) in [6.45, 7) is 0. The molecule has 0 radical (unpaired) electrons. The van der Waals surface area contributed by atoms with Gasteiger partial charge in [0.15, 0.2) is 0 Å². The number of piperidine rings is 1. The molecule has 0 aromatic rings. The van der Waals surface area contributed by atoms with Crippen molar-refractivity contribution in [2.45, 2.75) is 69.2 Å². The van der Waals surface area contributed by atoms with E-state index in [0.29, 0.717) is 6.04 Å². The van der Waals surface area contributed by atoms with E-state index in [-0.39, 0.29) is 24.2 Å². The van der Waals surface area contributed by atoms with Crippen molar-refractivity contribution < 1.29 is 9.90 Å². The van der Waals surface area contributed by atoms with Crippen LogP contribution in [0.1, 0.15) is 44.9 Å². The number of rotatable bonds is 1.